The molecule has 31 heavy (non-hydrogen) atoms. The van der Waals surface area contributed by atoms with Gasteiger partial charge < -0.3 is 4.74 Å². The Hall–Kier alpha value is -3.65. The highest BCUT2D eigenvalue weighted by molar-refractivity contribution is 7.92. The van der Waals surface area contributed by atoms with Crippen LogP contribution in [0.4, 0.5) is 5.69 Å². The van der Waals surface area contributed by atoms with Crippen LogP contribution in [0.15, 0.2) is 88.9 Å². The average molecular weight is 438 g/mol. The minimum atomic E-state index is -3.95. The molecule has 3 aromatic rings. The Morgan fingerprint density at radius 3 is 2.48 bits per heavy atom. The van der Waals surface area contributed by atoms with Crippen LogP contribution in [0.1, 0.15) is 11.1 Å². The van der Waals surface area contributed by atoms with Gasteiger partial charge in [0, 0.05) is 0 Å². The lowest BCUT2D eigenvalue weighted by atomic mass is 10.2. The maximum absolute atomic E-state index is 13.2. The number of hydrazone groups is 1. The zero-order valence-corrected chi connectivity index (χ0v) is 18.0. The molecule has 0 atom stereocenters. The first-order chi connectivity index (χ1) is 14.9. The maximum atomic E-state index is 13.2. The molecule has 1 amide bonds. The average Bonchev–Trinajstić information content (AvgIpc) is 2.78. The lowest BCUT2D eigenvalue weighted by Gasteiger charge is -2.24. The number of nitrogens with one attached hydrogen (secondary N) is 1. The molecule has 160 valence electrons. The van der Waals surface area contributed by atoms with Gasteiger partial charge in [0.05, 0.1) is 23.9 Å². The largest absolute Gasteiger partial charge is 0.497 e. The van der Waals surface area contributed by atoms with Crippen molar-refractivity contribution in [3.05, 3.63) is 90.0 Å². The first-order valence-electron chi connectivity index (χ1n) is 9.50. The summed E-state index contributed by atoms with van der Waals surface area (Å²) < 4.78 is 32.7. The molecule has 0 unspecified atom stereocenters. The quantitative estimate of drug-likeness (QED) is 0.432. The first kappa shape index (κ1) is 22.0. The number of rotatable bonds is 8. The molecule has 0 aliphatic rings. The minimum Gasteiger partial charge on any atom is -0.497 e. The topological polar surface area (TPSA) is 88.1 Å². The van der Waals surface area contributed by atoms with E-state index in [1.165, 1.54) is 18.3 Å². The van der Waals surface area contributed by atoms with Gasteiger partial charge in [-0.2, -0.15) is 5.10 Å². The van der Waals surface area contributed by atoms with Gasteiger partial charge in [-0.1, -0.05) is 42.5 Å². The van der Waals surface area contributed by atoms with Crippen molar-refractivity contribution in [2.24, 2.45) is 5.10 Å². The second kappa shape index (κ2) is 9.90. The van der Waals surface area contributed by atoms with E-state index in [-0.39, 0.29) is 4.90 Å². The van der Waals surface area contributed by atoms with E-state index >= 15 is 0 Å². The predicted octanol–water partition coefficient (Wildman–Crippen LogP) is 3.35. The lowest BCUT2D eigenvalue weighted by molar-refractivity contribution is -0.119. The molecule has 3 aromatic carbocycles. The monoisotopic (exact) mass is 437 g/mol. The highest BCUT2D eigenvalue weighted by atomic mass is 32.2. The van der Waals surface area contributed by atoms with E-state index in [4.69, 9.17) is 4.74 Å². The third-order valence-corrected chi connectivity index (χ3v) is 6.19. The molecule has 0 radical (unpaired) electrons. The summed E-state index contributed by atoms with van der Waals surface area (Å²) in [6.45, 7) is 1.44. The first-order valence-corrected chi connectivity index (χ1v) is 10.9. The van der Waals surface area contributed by atoms with Gasteiger partial charge in [-0.15, -0.1) is 0 Å². The molecule has 0 aromatic heterocycles. The molecule has 0 bridgehead atoms. The van der Waals surface area contributed by atoms with Crippen molar-refractivity contribution in [3.63, 3.8) is 0 Å². The van der Waals surface area contributed by atoms with Gasteiger partial charge >= 0.3 is 0 Å². The molecule has 3 rings (SSSR count). The Balaban J connectivity index is 1.81. The summed E-state index contributed by atoms with van der Waals surface area (Å²) in [4.78, 5) is 12.6. The molecule has 1 N–H and O–H groups in total. The molecule has 0 heterocycles. The molecule has 7 nitrogen and oxygen atoms in total. The number of nitrogens with zero attached hydrogens (tertiary/aromatic N) is 2. The van der Waals surface area contributed by atoms with E-state index in [2.05, 4.69) is 10.5 Å². The van der Waals surface area contributed by atoms with Gasteiger partial charge in [0.15, 0.2) is 0 Å². The Kier molecular flexibility index (Phi) is 7.04. The Morgan fingerprint density at radius 1 is 1.03 bits per heavy atom. The van der Waals surface area contributed by atoms with Crippen LogP contribution in [0.25, 0.3) is 0 Å². The van der Waals surface area contributed by atoms with Crippen LogP contribution >= 0.6 is 0 Å². The maximum Gasteiger partial charge on any atom is 0.264 e. The summed E-state index contributed by atoms with van der Waals surface area (Å²) >= 11 is 0. The number of methoxy groups -OCH3 is 1. The fourth-order valence-corrected chi connectivity index (χ4v) is 4.32. The van der Waals surface area contributed by atoms with E-state index in [1.807, 2.05) is 13.0 Å². The number of aryl methyl sites for hydroxylation is 1. The van der Waals surface area contributed by atoms with Crippen LogP contribution in [0.3, 0.4) is 0 Å². The third-order valence-electron chi connectivity index (χ3n) is 4.40. The van der Waals surface area contributed by atoms with Crippen LogP contribution in [-0.2, 0) is 14.8 Å². The highest BCUT2D eigenvalue weighted by Gasteiger charge is 2.27. The predicted molar refractivity (Wildman–Crippen MR) is 121 cm³/mol. The van der Waals surface area contributed by atoms with E-state index in [1.54, 1.807) is 67.8 Å². The number of hydrogen-bond donors (Lipinski definition) is 1. The molecule has 0 spiro atoms. The fourth-order valence-electron chi connectivity index (χ4n) is 2.88. The Morgan fingerprint density at radius 2 is 1.77 bits per heavy atom. The number of ether oxygens (including phenoxy) is 1. The van der Waals surface area contributed by atoms with E-state index in [0.717, 1.165) is 15.4 Å². The summed E-state index contributed by atoms with van der Waals surface area (Å²) in [7, 11) is -2.39. The summed E-state index contributed by atoms with van der Waals surface area (Å²) in [5, 5.41) is 3.93. The van der Waals surface area contributed by atoms with Crippen molar-refractivity contribution in [3.8, 4) is 5.75 Å². The minimum absolute atomic E-state index is 0.101. The third kappa shape index (κ3) is 5.70. The van der Waals surface area contributed by atoms with Crippen LogP contribution in [0, 0.1) is 6.92 Å². The van der Waals surface area contributed by atoms with Gasteiger partial charge in [-0.05, 0) is 54.4 Å². The van der Waals surface area contributed by atoms with Crippen molar-refractivity contribution in [2.45, 2.75) is 11.8 Å². The van der Waals surface area contributed by atoms with E-state index in [9.17, 15) is 13.2 Å². The van der Waals surface area contributed by atoms with Gasteiger partial charge in [0.2, 0.25) is 0 Å². The molecular weight excluding hydrogens is 414 g/mol. The van der Waals surface area contributed by atoms with Crippen molar-refractivity contribution < 1.29 is 17.9 Å². The van der Waals surface area contributed by atoms with Crippen molar-refractivity contribution >= 4 is 27.8 Å². The standard InChI is InChI=1S/C23H23N3O4S/c1-18-8-6-10-20(14-18)26(31(28,29)22-12-4-3-5-13-22)17-23(27)25-24-16-19-9-7-11-21(15-19)30-2/h3-16H,17H2,1-2H3,(H,25,27)/b24-16-. The summed E-state index contributed by atoms with van der Waals surface area (Å²) in [6.07, 6.45) is 1.46. The van der Waals surface area contributed by atoms with Crippen LogP contribution < -0.4 is 14.5 Å². The molecular formula is C23H23N3O4S. The number of sulfonamides is 1. The smallest absolute Gasteiger partial charge is 0.264 e. The summed E-state index contributed by atoms with van der Waals surface area (Å²) in [5.74, 6) is 0.0926. The second-order valence-corrected chi connectivity index (χ2v) is 8.60. The molecule has 0 aliphatic carbocycles. The Bertz CT molecular complexity index is 1180. The number of carbonyl (C=O) groups is 1. The Labute approximate surface area is 182 Å². The molecule has 0 aliphatic heterocycles. The second-order valence-electron chi connectivity index (χ2n) is 6.73. The zero-order chi connectivity index (χ0) is 22.3. The van der Waals surface area contributed by atoms with Crippen LogP contribution in [-0.4, -0.2) is 34.2 Å². The molecule has 8 heteroatoms. The number of anilines is 1. The van der Waals surface area contributed by atoms with Crippen molar-refractivity contribution in [2.75, 3.05) is 18.0 Å². The summed E-state index contributed by atoms with van der Waals surface area (Å²) in [6, 6.07) is 22.1. The number of hydrogen-bond acceptors (Lipinski definition) is 5. The number of carbonyl (C=O) groups excluding carboxylic acids is 1. The van der Waals surface area contributed by atoms with E-state index in [0.29, 0.717) is 11.4 Å². The zero-order valence-electron chi connectivity index (χ0n) is 17.2. The lowest BCUT2D eigenvalue weighted by Crippen LogP contribution is -2.39. The van der Waals surface area contributed by atoms with Gasteiger partial charge in [-0.3, -0.25) is 9.10 Å². The SMILES string of the molecule is COc1cccc(/C=N\NC(=O)CN(c2cccc(C)c2)S(=O)(=O)c2ccccc2)c1. The normalized spacial score (nSPS) is 11.3. The van der Waals surface area contributed by atoms with Crippen LogP contribution in [0.5, 0.6) is 5.75 Å². The van der Waals surface area contributed by atoms with E-state index < -0.39 is 22.5 Å². The number of benzene rings is 3. The molecule has 0 saturated heterocycles. The highest BCUT2D eigenvalue weighted by Crippen LogP contribution is 2.24. The molecule has 0 saturated carbocycles. The van der Waals surface area contributed by atoms with Gasteiger partial charge in [-0.25, -0.2) is 13.8 Å². The van der Waals surface area contributed by atoms with Crippen molar-refractivity contribution in [1.82, 2.24) is 5.43 Å². The van der Waals surface area contributed by atoms with Crippen molar-refractivity contribution in [1.29, 1.82) is 0 Å². The molecule has 0 fully saturated rings. The fraction of sp³-hybridized carbons (Fsp3) is 0.130. The summed E-state index contributed by atoms with van der Waals surface area (Å²) in [5.41, 5.74) is 4.40. The number of amides is 1. The van der Waals surface area contributed by atoms with Gasteiger partial charge in [0.1, 0.15) is 12.3 Å². The van der Waals surface area contributed by atoms with Crippen LogP contribution in [0.2, 0.25) is 0 Å². The van der Waals surface area contributed by atoms with Gasteiger partial charge in [0.25, 0.3) is 15.9 Å².